The second-order valence-corrected chi connectivity index (χ2v) is 5.34. The van der Waals surface area contributed by atoms with Crippen LogP contribution in [0.25, 0.3) is 0 Å². The van der Waals surface area contributed by atoms with Gasteiger partial charge in [-0.05, 0) is 68.3 Å². The van der Waals surface area contributed by atoms with E-state index in [1.807, 2.05) is 38.1 Å². The molecule has 0 aromatic heterocycles. The van der Waals surface area contributed by atoms with Crippen LogP contribution in [0.15, 0.2) is 42.5 Å². The Balaban J connectivity index is 1.99. The molecular formula is C18H19N3O. The predicted molar refractivity (Wildman–Crippen MR) is 88.8 cm³/mol. The van der Waals surface area contributed by atoms with Gasteiger partial charge in [-0.2, -0.15) is 5.26 Å². The van der Waals surface area contributed by atoms with Gasteiger partial charge in [-0.15, -0.1) is 0 Å². The number of carbonyl (C=O) groups is 1. The van der Waals surface area contributed by atoms with Crippen LogP contribution in [0.3, 0.4) is 0 Å². The van der Waals surface area contributed by atoms with Gasteiger partial charge < -0.3 is 10.6 Å². The lowest BCUT2D eigenvalue weighted by Gasteiger charge is -2.16. The van der Waals surface area contributed by atoms with E-state index in [2.05, 4.69) is 17.6 Å². The fraction of sp³-hybridized carbons (Fsp3) is 0.222. The highest BCUT2D eigenvalue weighted by Gasteiger charge is 2.13. The van der Waals surface area contributed by atoms with Gasteiger partial charge in [-0.1, -0.05) is 6.07 Å². The van der Waals surface area contributed by atoms with Gasteiger partial charge >= 0.3 is 0 Å². The van der Waals surface area contributed by atoms with Crippen molar-refractivity contribution in [3.63, 3.8) is 0 Å². The number of rotatable bonds is 4. The third-order valence-electron chi connectivity index (χ3n) is 3.56. The second kappa shape index (κ2) is 6.77. The lowest BCUT2D eigenvalue weighted by Crippen LogP contribution is -2.31. The Kier molecular flexibility index (Phi) is 4.80. The Bertz CT molecular complexity index is 714. The van der Waals surface area contributed by atoms with Gasteiger partial charge in [-0.3, -0.25) is 4.79 Å². The molecule has 112 valence electrons. The lowest BCUT2D eigenvalue weighted by atomic mass is 10.1. The van der Waals surface area contributed by atoms with Crippen LogP contribution in [0.4, 0.5) is 11.4 Å². The highest BCUT2D eigenvalue weighted by atomic mass is 16.2. The summed E-state index contributed by atoms with van der Waals surface area (Å²) in [6, 6.07) is 14.5. The van der Waals surface area contributed by atoms with E-state index in [4.69, 9.17) is 5.26 Å². The topological polar surface area (TPSA) is 64.9 Å². The fourth-order valence-corrected chi connectivity index (χ4v) is 2.03. The minimum absolute atomic E-state index is 0.122. The van der Waals surface area contributed by atoms with Gasteiger partial charge in [0.05, 0.1) is 11.6 Å². The van der Waals surface area contributed by atoms with Gasteiger partial charge in [0.1, 0.15) is 6.04 Å². The van der Waals surface area contributed by atoms with Crippen molar-refractivity contribution in [2.45, 2.75) is 26.8 Å². The first kappa shape index (κ1) is 15.6. The summed E-state index contributed by atoms with van der Waals surface area (Å²) in [5.41, 5.74) is 4.58. The number of hydrogen-bond acceptors (Lipinski definition) is 3. The Hall–Kier alpha value is -2.80. The smallest absolute Gasteiger partial charge is 0.246 e. The Morgan fingerprint density at radius 1 is 1.05 bits per heavy atom. The van der Waals surface area contributed by atoms with Gasteiger partial charge in [-0.25, -0.2) is 0 Å². The van der Waals surface area contributed by atoms with Crippen LogP contribution in [-0.2, 0) is 4.79 Å². The molecule has 0 bridgehead atoms. The minimum Gasteiger partial charge on any atom is -0.374 e. The molecule has 0 heterocycles. The molecule has 0 aliphatic heterocycles. The maximum atomic E-state index is 12.2. The quantitative estimate of drug-likeness (QED) is 0.905. The Morgan fingerprint density at radius 3 is 2.27 bits per heavy atom. The lowest BCUT2D eigenvalue weighted by molar-refractivity contribution is -0.116. The van der Waals surface area contributed by atoms with Gasteiger partial charge in [0.2, 0.25) is 5.91 Å². The van der Waals surface area contributed by atoms with E-state index in [0.717, 1.165) is 5.69 Å². The van der Waals surface area contributed by atoms with Gasteiger partial charge in [0.25, 0.3) is 0 Å². The number of anilines is 2. The first-order chi connectivity index (χ1) is 10.5. The van der Waals surface area contributed by atoms with E-state index in [9.17, 15) is 4.79 Å². The van der Waals surface area contributed by atoms with Crippen molar-refractivity contribution in [1.82, 2.24) is 0 Å². The van der Waals surface area contributed by atoms with Crippen LogP contribution >= 0.6 is 0 Å². The molecule has 2 aromatic rings. The number of nitrogens with zero attached hydrogens (tertiary/aromatic N) is 1. The van der Waals surface area contributed by atoms with E-state index in [1.165, 1.54) is 11.1 Å². The van der Waals surface area contributed by atoms with Crippen molar-refractivity contribution in [2.75, 3.05) is 10.6 Å². The van der Waals surface area contributed by atoms with Crippen LogP contribution in [0.5, 0.6) is 0 Å². The molecule has 0 aliphatic rings. The normalized spacial score (nSPS) is 11.4. The molecule has 0 unspecified atom stereocenters. The number of hydrogen-bond donors (Lipinski definition) is 2. The average Bonchev–Trinajstić information content (AvgIpc) is 2.51. The van der Waals surface area contributed by atoms with Crippen molar-refractivity contribution in [3.8, 4) is 6.07 Å². The highest BCUT2D eigenvalue weighted by Crippen LogP contribution is 2.16. The Labute approximate surface area is 130 Å². The van der Waals surface area contributed by atoms with Crippen molar-refractivity contribution >= 4 is 17.3 Å². The molecule has 1 amide bonds. The maximum absolute atomic E-state index is 12.2. The van der Waals surface area contributed by atoms with Crippen LogP contribution < -0.4 is 10.6 Å². The van der Waals surface area contributed by atoms with Crippen molar-refractivity contribution in [2.24, 2.45) is 0 Å². The monoisotopic (exact) mass is 293 g/mol. The zero-order chi connectivity index (χ0) is 16.1. The number of nitrogens with one attached hydrogen (secondary N) is 2. The largest absolute Gasteiger partial charge is 0.374 e. The fourth-order valence-electron chi connectivity index (χ4n) is 2.03. The Morgan fingerprint density at radius 2 is 1.68 bits per heavy atom. The summed E-state index contributed by atoms with van der Waals surface area (Å²) in [7, 11) is 0. The van der Waals surface area contributed by atoms with Crippen molar-refractivity contribution < 1.29 is 4.79 Å². The maximum Gasteiger partial charge on any atom is 0.246 e. The predicted octanol–water partition coefficient (Wildman–Crippen LogP) is 3.61. The molecule has 1 atom stereocenters. The molecule has 0 saturated carbocycles. The summed E-state index contributed by atoms with van der Waals surface area (Å²) in [4.78, 5) is 12.2. The molecule has 0 aliphatic carbocycles. The molecule has 4 nitrogen and oxygen atoms in total. The number of aryl methyl sites for hydroxylation is 2. The number of amides is 1. The SMILES string of the molecule is Cc1ccc(N[C@@H](C)C(=O)Nc2ccc(C#N)cc2)cc1C. The summed E-state index contributed by atoms with van der Waals surface area (Å²) in [5, 5.41) is 14.8. The highest BCUT2D eigenvalue weighted by molar-refractivity contribution is 5.96. The van der Waals surface area contributed by atoms with Crippen molar-refractivity contribution in [3.05, 3.63) is 59.2 Å². The molecule has 0 saturated heterocycles. The van der Waals surface area contributed by atoms with Crippen molar-refractivity contribution in [1.29, 1.82) is 5.26 Å². The molecule has 2 N–H and O–H groups in total. The zero-order valence-electron chi connectivity index (χ0n) is 13.0. The molecule has 22 heavy (non-hydrogen) atoms. The number of benzene rings is 2. The van der Waals surface area contributed by atoms with Gasteiger partial charge in [0.15, 0.2) is 0 Å². The molecule has 2 rings (SSSR count). The number of nitriles is 1. The second-order valence-electron chi connectivity index (χ2n) is 5.34. The molecule has 0 spiro atoms. The van der Waals surface area contributed by atoms with Crippen LogP contribution in [0.2, 0.25) is 0 Å². The van der Waals surface area contributed by atoms with E-state index in [0.29, 0.717) is 11.3 Å². The summed E-state index contributed by atoms with van der Waals surface area (Å²) < 4.78 is 0. The summed E-state index contributed by atoms with van der Waals surface area (Å²) in [6.07, 6.45) is 0. The average molecular weight is 293 g/mol. The van der Waals surface area contributed by atoms with Gasteiger partial charge in [0, 0.05) is 11.4 Å². The third-order valence-corrected chi connectivity index (χ3v) is 3.56. The summed E-state index contributed by atoms with van der Waals surface area (Å²) in [6.45, 7) is 5.91. The third kappa shape index (κ3) is 3.86. The first-order valence-corrected chi connectivity index (χ1v) is 7.14. The summed E-state index contributed by atoms with van der Waals surface area (Å²) >= 11 is 0. The van der Waals surface area contributed by atoms with E-state index < -0.39 is 0 Å². The number of carbonyl (C=O) groups excluding carboxylic acids is 1. The minimum atomic E-state index is -0.363. The molecule has 0 radical (unpaired) electrons. The summed E-state index contributed by atoms with van der Waals surface area (Å²) in [5.74, 6) is -0.122. The molecule has 0 fully saturated rings. The molecule has 2 aromatic carbocycles. The van der Waals surface area contributed by atoms with E-state index in [-0.39, 0.29) is 11.9 Å². The van der Waals surface area contributed by atoms with Crippen LogP contribution in [0.1, 0.15) is 23.6 Å². The zero-order valence-corrected chi connectivity index (χ0v) is 13.0. The molecule has 4 heteroatoms. The van der Waals surface area contributed by atoms with Crippen LogP contribution in [0, 0.1) is 25.2 Å². The standard InChI is InChI=1S/C18H19N3O/c1-12-4-7-17(10-13(12)2)20-14(3)18(22)21-16-8-5-15(11-19)6-9-16/h4-10,14,20H,1-3H3,(H,21,22)/t14-/m0/s1. The van der Waals surface area contributed by atoms with Crippen LogP contribution in [-0.4, -0.2) is 11.9 Å². The van der Waals surface area contributed by atoms with E-state index >= 15 is 0 Å². The first-order valence-electron chi connectivity index (χ1n) is 7.14. The van der Waals surface area contributed by atoms with E-state index in [1.54, 1.807) is 24.3 Å². The molecular weight excluding hydrogens is 274 g/mol.